The van der Waals surface area contributed by atoms with Crippen molar-refractivity contribution in [3.63, 3.8) is 0 Å². The summed E-state index contributed by atoms with van der Waals surface area (Å²) in [5, 5.41) is 20.0. The number of hydrogen-bond acceptors (Lipinski definition) is 8. The fraction of sp³-hybridized carbons (Fsp3) is 0.0833. The van der Waals surface area contributed by atoms with E-state index < -0.39 is 6.04 Å². The highest BCUT2D eigenvalue weighted by Gasteiger charge is 2.21. The molecule has 0 bridgehead atoms. The largest absolute Gasteiger partial charge is 0.368 e. The van der Waals surface area contributed by atoms with Crippen molar-refractivity contribution in [2.24, 2.45) is 0 Å². The van der Waals surface area contributed by atoms with E-state index in [2.05, 4.69) is 25.5 Å². The number of nitrogens with one attached hydrogen (secondary N) is 2. The third-order valence-corrected chi connectivity index (χ3v) is 5.40. The highest BCUT2D eigenvalue weighted by Crippen LogP contribution is 2.27. The van der Waals surface area contributed by atoms with Crippen LogP contribution in [0, 0.1) is 11.3 Å². The molecule has 0 radical (unpaired) electrons. The van der Waals surface area contributed by atoms with Gasteiger partial charge in [-0.2, -0.15) is 15.3 Å². The summed E-state index contributed by atoms with van der Waals surface area (Å²) >= 11 is 0. The zero-order chi connectivity index (χ0) is 23.7. The predicted molar refractivity (Wildman–Crippen MR) is 128 cm³/mol. The van der Waals surface area contributed by atoms with Crippen LogP contribution in [0.2, 0.25) is 0 Å². The Hall–Kier alpha value is -5.04. The molecule has 0 aliphatic carbocycles. The van der Waals surface area contributed by atoms with Crippen molar-refractivity contribution >= 4 is 22.7 Å². The molecule has 1 atom stereocenters. The number of para-hydroxylation sites is 1. The summed E-state index contributed by atoms with van der Waals surface area (Å²) in [6.45, 7) is 1.84. The number of nitriles is 1. The Kier molecular flexibility index (Phi) is 5.20. The van der Waals surface area contributed by atoms with Crippen LogP contribution in [0.5, 0.6) is 0 Å². The van der Waals surface area contributed by atoms with Crippen LogP contribution in [0.1, 0.15) is 24.4 Å². The molecule has 0 saturated carbocycles. The van der Waals surface area contributed by atoms with Gasteiger partial charge in [0.15, 0.2) is 0 Å². The lowest BCUT2D eigenvalue weighted by atomic mass is 10.1. The van der Waals surface area contributed by atoms with E-state index in [1.54, 1.807) is 16.8 Å². The van der Waals surface area contributed by atoms with E-state index in [1.807, 2.05) is 61.5 Å². The molecule has 0 amide bonds. The predicted octanol–water partition coefficient (Wildman–Crippen LogP) is 3.19. The second-order valence-corrected chi connectivity index (χ2v) is 7.58. The lowest BCUT2D eigenvalue weighted by Gasteiger charge is -2.21. The maximum Gasteiger partial charge on any atom is 0.266 e. The molecule has 0 saturated heterocycles. The first-order valence-corrected chi connectivity index (χ1v) is 10.5. The zero-order valence-corrected chi connectivity index (χ0v) is 18.1. The van der Waals surface area contributed by atoms with E-state index >= 15 is 0 Å². The van der Waals surface area contributed by atoms with E-state index in [0.717, 1.165) is 5.69 Å². The van der Waals surface area contributed by atoms with Gasteiger partial charge < -0.3 is 11.1 Å². The first-order valence-electron chi connectivity index (χ1n) is 10.5. The molecule has 0 spiro atoms. The van der Waals surface area contributed by atoms with Crippen LogP contribution < -0.4 is 16.6 Å². The number of aromatic amines is 1. The van der Waals surface area contributed by atoms with E-state index in [0.29, 0.717) is 28.0 Å². The summed E-state index contributed by atoms with van der Waals surface area (Å²) in [4.78, 5) is 26.8. The summed E-state index contributed by atoms with van der Waals surface area (Å²) in [7, 11) is 0. The molecule has 5 aromatic rings. The molecule has 0 unspecified atom stereocenters. The summed E-state index contributed by atoms with van der Waals surface area (Å²) < 4.78 is 1.57. The Balaban J connectivity index is 1.74. The molecule has 3 aromatic heterocycles. The van der Waals surface area contributed by atoms with Crippen LogP contribution in [0.4, 0.5) is 11.8 Å². The quantitative estimate of drug-likeness (QED) is 0.370. The van der Waals surface area contributed by atoms with Crippen molar-refractivity contribution in [2.75, 3.05) is 11.1 Å². The number of anilines is 2. The van der Waals surface area contributed by atoms with Crippen LogP contribution >= 0.6 is 0 Å². The molecule has 10 heteroatoms. The topological polar surface area (TPSA) is 151 Å². The van der Waals surface area contributed by atoms with Crippen LogP contribution in [0.15, 0.2) is 71.8 Å². The smallest absolute Gasteiger partial charge is 0.266 e. The van der Waals surface area contributed by atoms with E-state index in [4.69, 9.17) is 10.7 Å². The number of hydrogen-bond donors (Lipinski definition) is 3. The number of benzene rings is 2. The fourth-order valence-corrected chi connectivity index (χ4v) is 3.85. The molecular formula is C24H19N9O. The third-order valence-electron chi connectivity index (χ3n) is 5.40. The minimum atomic E-state index is -0.505. The summed E-state index contributed by atoms with van der Waals surface area (Å²) in [5.41, 5.74) is 8.36. The van der Waals surface area contributed by atoms with Gasteiger partial charge in [0.25, 0.3) is 5.56 Å². The molecule has 2 aromatic carbocycles. The lowest BCUT2D eigenvalue weighted by Crippen LogP contribution is -2.28. The Labute approximate surface area is 193 Å². The number of fused-ring (bicyclic) bond motifs is 1. The molecular weight excluding hydrogens is 430 g/mol. The van der Waals surface area contributed by atoms with Crippen molar-refractivity contribution in [3.05, 3.63) is 88.7 Å². The van der Waals surface area contributed by atoms with Crippen LogP contribution in [-0.2, 0) is 0 Å². The molecule has 10 nitrogen and oxygen atoms in total. The Morgan fingerprint density at radius 3 is 2.68 bits per heavy atom. The Morgan fingerprint density at radius 2 is 1.94 bits per heavy atom. The minimum absolute atomic E-state index is 0.0322. The van der Waals surface area contributed by atoms with Gasteiger partial charge in [0, 0.05) is 11.8 Å². The molecule has 0 fully saturated rings. The van der Waals surface area contributed by atoms with Gasteiger partial charge in [-0.15, -0.1) is 0 Å². The highest BCUT2D eigenvalue weighted by molar-refractivity contribution is 5.93. The average molecular weight is 449 g/mol. The van der Waals surface area contributed by atoms with E-state index in [1.165, 1.54) is 6.20 Å². The van der Waals surface area contributed by atoms with Gasteiger partial charge in [0.05, 0.1) is 34.5 Å². The second kappa shape index (κ2) is 8.48. The van der Waals surface area contributed by atoms with Gasteiger partial charge in [0.1, 0.15) is 23.3 Å². The maximum atomic E-state index is 14.0. The van der Waals surface area contributed by atoms with Crippen LogP contribution in [-0.4, -0.2) is 29.7 Å². The summed E-state index contributed by atoms with van der Waals surface area (Å²) in [5.74, 6) is 0.749. The highest BCUT2D eigenvalue weighted by atomic mass is 16.1. The second-order valence-electron chi connectivity index (χ2n) is 7.58. The minimum Gasteiger partial charge on any atom is -0.368 e. The molecule has 166 valence electrons. The summed E-state index contributed by atoms with van der Waals surface area (Å²) in [6, 6.07) is 18.1. The standard InChI is InChI=1S/C24H19N9O/c1-14(29-21-15(12-25)13-27-24(26)31-21)22-30-19-9-5-8-17(18-10-11-28-32-18)20(19)23(34)33(22)16-6-3-2-4-7-16/h2-11,13-14H,1H3,(H,28,32)(H3,26,27,29,31)/t14-/m0/s1. The van der Waals surface area contributed by atoms with Crippen molar-refractivity contribution in [1.82, 2.24) is 29.7 Å². The number of rotatable bonds is 5. The van der Waals surface area contributed by atoms with E-state index in [9.17, 15) is 10.1 Å². The molecule has 5 rings (SSSR count). The van der Waals surface area contributed by atoms with Gasteiger partial charge in [0.2, 0.25) is 5.95 Å². The number of H-pyrrole nitrogens is 1. The van der Waals surface area contributed by atoms with Gasteiger partial charge in [-0.1, -0.05) is 30.3 Å². The molecule has 0 aliphatic heterocycles. The first-order chi connectivity index (χ1) is 16.6. The number of aromatic nitrogens is 6. The molecule has 0 aliphatic rings. The van der Waals surface area contributed by atoms with Gasteiger partial charge in [-0.05, 0) is 31.2 Å². The first kappa shape index (κ1) is 20.8. The maximum absolute atomic E-state index is 14.0. The number of nitrogen functional groups attached to an aromatic ring is 1. The van der Waals surface area contributed by atoms with Gasteiger partial charge in [-0.3, -0.25) is 14.5 Å². The monoisotopic (exact) mass is 449 g/mol. The number of nitrogens with two attached hydrogens (primary N) is 1. The lowest BCUT2D eigenvalue weighted by molar-refractivity contribution is 0.730. The normalized spacial score (nSPS) is 11.8. The summed E-state index contributed by atoms with van der Waals surface area (Å²) in [6.07, 6.45) is 2.99. The SMILES string of the molecule is C[C@H](Nc1nc(N)ncc1C#N)c1nc2cccc(-c3ccn[nH]3)c2c(=O)n1-c1ccccc1. The Morgan fingerprint density at radius 1 is 1.12 bits per heavy atom. The average Bonchev–Trinajstić information content (AvgIpc) is 3.39. The molecule has 3 heterocycles. The van der Waals surface area contributed by atoms with Crippen molar-refractivity contribution in [1.29, 1.82) is 5.26 Å². The van der Waals surface area contributed by atoms with Crippen molar-refractivity contribution < 1.29 is 0 Å². The number of nitrogens with zero attached hydrogens (tertiary/aromatic N) is 6. The Bertz CT molecular complexity index is 1590. The third kappa shape index (κ3) is 3.61. The van der Waals surface area contributed by atoms with Crippen molar-refractivity contribution in [2.45, 2.75) is 13.0 Å². The van der Waals surface area contributed by atoms with Gasteiger partial charge in [-0.25, -0.2) is 9.97 Å². The zero-order valence-electron chi connectivity index (χ0n) is 18.1. The van der Waals surface area contributed by atoms with Gasteiger partial charge >= 0.3 is 0 Å². The fourth-order valence-electron chi connectivity index (χ4n) is 3.85. The van der Waals surface area contributed by atoms with Crippen LogP contribution in [0.3, 0.4) is 0 Å². The molecule has 4 N–H and O–H groups in total. The van der Waals surface area contributed by atoms with E-state index in [-0.39, 0.29) is 22.9 Å². The molecule has 34 heavy (non-hydrogen) atoms. The van der Waals surface area contributed by atoms with Crippen molar-refractivity contribution in [3.8, 4) is 23.0 Å². The van der Waals surface area contributed by atoms with Crippen LogP contribution in [0.25, 0.3) is 27.8 Å².